The summed E-state index contributed by atoms with van der Waals surface area (Å²) in [5.74, 6) is 2.58. The first-order valence-corrected chi connectivity index (χ1v) is 9.90. The van der Waals surface area contributed by atoms with Crippen LogP contribution < -0.4 is 19.7 Å². The van der Waals surface area contributed by atoms with Gasteiger partial charge in [-0.2, -0.15) is 0 Å². The molecule has 0 radical (unpaired) electrons. The minimum absolute atomic E-state index is 0.00848. The number of rotatable bonds is 4. The van der Waals surface area contributed by atoms with Gasteiger partial charge >= 0.3 is 0 Å². The van der Waals surface area contributed by atoms with Gasteiger partial charge in [0.15, 0.2) is 11.5 Å². The van der Waals surface area contributed by atoms with E-state index in [1.165, 1.54) is 4.90 Å². The molecular formula is C20H22N2O3S. The third-order valence-electron chi connectivity index (χ3n) is 4.46. The molecule has 136 valence electrons. The van der Waals surface area contributed by atoms with Crippen molar-refractivity contribution in [2.75, 3.05) is 36.9 Å². The van der Waals surface area contributed by atoms with Crippen LogP contribution in [0.15, 0.2) is 53.4 Å². The molecule has 2 aliphatic heterocycles. The number of anilines is 1. The molecule has 0 saturated heterocycles. The van der Waals surface area contributed by atoms with Crippen LogP contribution in [0, 0.1) is 0 Å². The van der Waals surface area contributed by atoms with E-state index >= 15 is 0 Å². The first kappa shape index (κ1) is 17.1. The lowest BCUT2D eigenvalue weighted by Crippen LogP contribution is -2.44. The molecule has 5 nitrogen and oxygen atoms in total. The maximum absolute atomic E-state index is 12.5. The van der Waals surface area contributed by atoms with E-state index in [-0.39, 0.29) is 12.0 Å². The van der Waals surface area contributed by atoms with E-state index < -0.39 is 0 Å². The second-order valence-electron chi connectivity index (χ2n) is 6.39. The van der Waals surface area contributed by atoms with Crippen molar-refractivity contribution in [2.45, 2.75) is 17.4 Å². The predicted molar refractivity (Wildman–Crippen MR) is 103 cm³/mol. The molecule has 0 aromatic heterocycles. The number of carbonyl (C=O) groups excluding carboxylic acids is 1. The Morgan fingerprint density at radius 2 is 1.96 bits per heavy atom. The van der Waals surface area contributed by atoms with Gasteiger partial charge in [-0.25, -0.2) is 0 Å². The molecule has 1 N–H and O–H groups in total. The Morgan fingerprint density at radius 3 is 2.88 bits per heavy atom. The summed E-state index contributed by atoms with van der Waals surface area (Å²) < 4.78 is 11.6. The highest BCUT2D eigenvalue weighted by atomic mass is 32.2. The first-order valence-electron chi connectivity index (χ1n) is 8.91. The number of para-hydroxylation sites is 3. The first-order chi connectivity index (χ1) is 12.8. The van der Waals surface area contributed by atoms with Crippen LogP contribution in [0.25, 0.3) is 0 Å². The Bertz CT molecular complexity index is 783. The van der Waals surface area contributed by atoms with Gasteiger partial charge in [0.25, 0.3) is 0 Å². The van der Waals surface area contributed by atoms with Gasteiger partial charge in [-0.15, -0.1) is 11.8 Å². The molecule has 0 saturated carbocycles. The second-order valence-corrected chi connectivity index (χ2v) is 7.53. The van der Waals surface area contributed by atoms with E-state index in [2.05, 4.69) is 22.3 Å². The van der Waals surface area contributed by atoms with E-state index in [4.69, 9.17) is 9.47 Å². The van der Waals surface area contributed by atoms with Crippen molar-refractivity contribution >= 4 is 23.4 Å². The van der Waals surface area contributed by atoms with Gasteiger partial charge in [0.05, 0.1) is 18.8 Å². The van der Waals surface area contributed by atoms with Gasteiger partial charge in [0, 0.05) is 11.4 Å². The minimum Gasteiger partial charge on any atom is -0.486 e. The Morgan fingerprint density at radius 1 is 1.15 bits per heavy atom. The number of fused-ring (bicyclic) bond motifs is 2. The van der Waals surface area contributed by atoms with Gasteiger partial charge in [-0.05, 0) is 36.4 Å². The van der Waals surface area contributed by atoms with Gasteiger partial charge in [-0.3, -0.25) is 4.79 Å². The molecule has 6 heteroatoms. The molecule has 26 heavy (non-hydrogen) atoms. The third-order valence-corrected chi connectivity index (χ3v) is 5.61. The highest BCUT2D eigenvalue weighted by Gasteiger charge is 2.22. The molecule has 1 amide bonds. The van der Waals surface area contributed by atoms with Crippen molar-refractivity contribution in [2.24, 2.45) is 0 Å². The molecule has 4 rings (SSSR count). The highest BCUT2D eigenvalue weighted by Crippen LogP contribution is 2.33. The van der Waals surface area contributed by atoms with Crippen LogP contribution in [0.1, 0.15) is 6.42 Å². The lowest BCUT2D eigenvalue weighted by Gasteiger charge is -2.27. The zero-order valence-electron chi connectivity index (χ0n) is 14.5. The SMILES string of the molecule is O=C(CN1CCCSc2ccccc21)NC[C@@H]1COc2ccccc2O1. The fraction of sp³-hybridized carbons (Fsp3) is 0.350. The second kappa shape index (κ2) is 7.91. The molecule has 2 heterocycles. The molecule has 0 fully saturated rings. The molecule has 2 aromatic carbocycles. The van der Waals surface area contributed by atoms with E-state index in [0.717, 1.165) is 35.9 Å². The average Bonchev–Trinajstić information content (AvgIpc) is 2.89. The van der Waals surface area contributed by atoms with E-state index in [9.17, 15) is 4.79 Å². The fourth-order valence-electron chi connectivity index (χ4n) is 3.18. The van der Waals surface area contributed by atoms with E-state index in [1.54, 1.807) is 0 Å². The Kier molecular flexibility index (Phi) is 5.20. The van der Waals surface area contributed by atoms with Crippen LogP contribution in [0.2, 0.25) is 0 Å². The number of carbonyl (C=O) groups is 1. The minimum atomic E-state index is -0.166. The van der Waals surface area contributed by atoms with Crippen LogP contribution in [-0.2, 0) is 4.79 Å². The summed E-state index contributed by atoms with van der Waals surface area (Å²) in [4.78, 5) is 15.9. The summed E-state index contributed by atoms with van der Waals surface area (Å²) in [6.07, 6.45) is 0.907. The smallest absolute Gasteiger partial charge is 0.239 e. The number of nitrogens with one attached hydrogen (secondary N) is 1. The van der Waals surface area contributed by atoms with Crippen molar-refractivity contribution in [3.8, 4) is 11.5 Å². The third kappa shape index (κ3) is 3.90. The topological polar surface area (TPSA) is 50.8 Å². The number of thioether (sulfide) groups is 1. The summed E-state index contributed by atoms with van der Waals surface area (Å²) in [6, 6.07) is 15.9. The van der Waals surface area contributed by atoms with Crippen molar-refractivity contribution in [1.29, 1.82) is 0 Å². The van der Waals surface area contributed by atoms with Gasteiger partial charge < -0.3 is 19.7 Å². The van der Waals surface area contributed by atoms with Crippen molar-refractivity contribution in [3.63, 3.8) is 0 Å². The lowest BCUT2D eigenvalue weighted by molar-refractivity contribution is -0.120. The molecule has 0 aliphatic carbocycles. The highest BCUT2D eigenvalue weighted by molar-refractivity contribution is 7.99. The van der Waals surface area contributed by atoms with Gasteiger partial charge in [-0.1, -0.05) is 24.3 Å². The summed E-state index contributed by atoms with van der Waals surface area (Å²) >= 11 is 1.86. The summed E-state index contributed by atoms with van der Waals surface area (Å²) in [7, 11) is 0. The molecule has 0 spiro atoms. The van der Waals surface area contributed by atoms with Crippen molar-refractivity contribution < 1.29 is 14.3 Å². The van der Waals surface area contributed by atoms with E-state index in [1.807, 2.05) is 48.2 Å². The number of nitrogens with zero attached hydrogens (tertiary/aromatic N) is 1. The quantitative estimate of drug-likeness (QED) is 0.897. The molecule has 0 bridgehead atoms. The van der Waals surface area contributed by atoms with E-state index in [0.29, 0.717) is 19.7 Å². The van der Waals surface area contributed by atoms with Crippen LogP contribution in [0.3, 0.4) is 0 Å². The monoisotopic (exact) mass is 370 g/mol. The molecular weight excluding hydrogens is 348 g/mol. The van der Waals surface area contributed by atoms with Gasteiger partial charge in [0.1, 0.15) is 12.7 Å². The maximum Gasteiger partial charge on any atom is 0.239 e. The summed E-state index contributed by atoms with van der Waals surface area (Å²) in [6.45, 7) is 2.15. The maximum atomic E-state index is 12.5. The fourth-order valence-corrected chi connectivity index (χ4v) is 4.20. The number of ether oxygens (including phenoxy) is 2. The van der Waals surface area contributed by atoms with Crippen LogP contribution in [-0.4, -0.2) is 44.0 Å². The number of hydrogen-bond acceptors (Lipinski definition) is 5. The molecule has 1 atom stereocenters. The Hall–Kier alpha value is -2.34. The number of amides is 1. The lowest BCUT2D eigenvalue weighted by atomic mass is 10.2. The largest absolute Gasteiger partial charge is 0.486 e. The standard InChI is InChI=1S/C20H22N2O3S/c23-20(13-22-10-5-11-26-19-9-4-1-6-16(19)22)21-12-15-14-24-17-7-2-3-8-18(17)25-15/h1-4,6-9,15H,5,10-14H2,(H,21,23)/t15-/m1/s1. The number of hydrogen-bond donors (Lipinski definition) is 1. The average molecular weight is 370 g/mol. The van der Waals surface area contributed by atoms with Crippen molar-refractivity contribution in [3.05, 3.63) is 48.5 Å². The van der Waals surface area contributed by atoms with Crippen LogP contribution in [0.4, 0.5) is 5.69 Å². The van der Waals surface area contributed by atoms with Gasteiger partial charge in [0.2, 0.25) is 5.91 Å². The Balaban J connectivity index is 1.32. The zero-order chi connectivity index (χ0) is 17.8. The van der Waals surface area contributed by atoms with Crippen LogP contribution in [0.5, 0.6) is 11.5 Å². The van der Waals surface area contributed by atoms with Crippen LogP contribution >= 0.6 is 11.8 Å². The molecule has 0 unspecified atom stereocenters. The molecule has 2 aromatic rings. The Labute approximate surface area is 157 Å². The zero-order valence-corrected chi connectivity index (χ0v) is 15.3. The molecule has 2 aliphatic rings. The predicted octanol–water partition coefficient (Wildman–Crippen LogP) is 2.95. The normalized spacial score (nSPS) is 18.6. The summed E-state index contributed by atoms with van der Waals surface area (Å²) in [5.41, 5.74) is 1.15. The number of benzene rings is 2. The summed E-state index contributed by atoms with van der Waals surface area (Å²) in [5, 5.41) is 2.99. The van der Waals surface area contributed by atoms with Crippen molar-refractivity contribution in [1.82, 2.24) is 5.32 Å².